The Bertz CT molecular complexity index is 1580. The molecular formula is C23H20F3N11O. The second-order valence-electron chi connectivity index (χ2n) is 8.34. The maximum absolute atomic E-state index is 12.9. The molecule has 0 fully saturated rings. The number of nitrogens with one attached hydrogen (secondary N) is 3. The number of fused-ring (bicyclic) bond motifs is 1. The van der Waals surface area contributed by atoms with E-state index in [1.165, 1.54) is 12.4 Å². The average Bonchev–Trinajstić information content (AvgIpc) is 3.55. The number of alkyl halides is 3. The molecule has 1 amide bonds. The van der Waals surface area contributed by atoms with Gasteiger partial charge in [0.1, 0.15) is 23.1 Å². The molecule has 0 aliphatic rings. The highest BCUT2D eigenvalue weighted by Crippen LogP contribution is 2.29. The van der Waals surface area contributed by atoms with Gasteiger partial charge in [-0.15, -0.1) is 10.2 Å². The first-order chi connectivity index (χ1) is 18.2. The zero-order valence-corrected chi connectivity index (χ0v) is 20.0. The lowest BCUT2D eigenvalue weighted by atomic mass is 10.1. The molecule has 3 N–H and O–H groups in total. The zero-order chi connectivity index (χ0) is 26.9. The summed E-state index contributed by atoms with van der Waals surface area (Å²) in [5.41, 5.74) is 1.66. The van der Waals surface area contributed by atoms with Crippen molar-refractivity contribution in [3.63, 3.8) is 0 Å². The third kappa shape index (κ3) is 4.98. The number of carbonyl (C=O) groups is 1. The Labute approximate surface area is 212 Å². The highest BCUT2D eigenvalue weighted by molar-refractivity contribution is 6.04. The van der Waals surface area contributed by atoms with Crippen molar-refractivity contribution in [2.45, 2.75) is 25.7 Å². The first kappa shape index (κ1) is 24.7. The fourth-order valence-corrected chi connectivity index (χ4v) is 3.83. The van der Waals surface area contributed by atoms with Crippen molar-refractivity contribution in [3.05, 3.63) is 71.4 Å². The number of aromatic amines is 1. The van der Waals surface area contributed by atoms with Gasteiger partial charge < -0.3 is 10.6 Å². The summed E-state index contributed by atoms with van der Waals surface area (Å²) in [6.45, 7) is 1.81. The number of aromatic nitrogens is 9. The smallest absolute Gasteiger partial charge is 0.362 e. The summed E-state index contributed by atoms with van der Waals surface area (Å²) in [6, 6.07) is 9.74. The number of rotatable bonds is 7. The van der Waals surface area contributed by atoms with Gasteiger partial charge in [0, 0.05) is 25.4 Å². The third-order valence-corrected chi connectivity index (χ3v) is 5.77. The number of tetrazole rings is 1. The lowest BCUT2D eigenvalue weighted by Crippen LogP contribution is -2.24. The summed E-state index contributed by atoms with van der Waals surface area (Å²) in [4.78, 5) is 24.6. The minimum Gasteiger partial charge on any atom is -0.362 e. The van der Waals surface area contributed by atoms with Crippen molar-refractivity contribution >= 4 is 22.8 Å². The van der Waals surface area contributed by atoms with Gasteiger partial charge in [-0.05, 0) is 35.4 Å². The van der Waals surface area contributed by atoms with Gasteiger partial charge in [-0.1, -0.05) is 24.3 Å². The first-order valence-electron chi connectivity index (χ1n) is 11.3. The predicted octanol–water partition coefficient (Wildman–Crippen LogP) is 3.06. The Kier molecular flexibility index (Phi) is 6.40. The van der Waals surface area contributed by atoms with E-state index >= 15 is 0 Å². The molecule has 0 spiro atoms. The number of H-pyrrole nitrogens is 1. The first-order valence-corrected chi connectivity index (χ1v) is 11.3. The molecule has 0 saturated heterocycles. The quantitative estimate of drug-likeness (QED) is 0.292. The van der Waals surface area contributed by atoms with Gasteiger partial charge in [-0.25, -0.2) is 9.97 Å². The highest BCUT2D eigenvalue weighted by Gasteiger charge is 2.32. The summed E-state index contributed by atoms with van der Waals surface area (Å²) < 4.78 is 40.3. The molecule has 0 aliphatic heterocycles. The maximum Gasteiger partial charge on any atom is 0.433 e. The Balaban J connectivity index is 1.33. The van der Waals surface area contributed by atoms with Crippen LogP contribution >= 0.6 is 0 Å². The van der Waals surface area contributed by atoms with E-state index < -0.39 is 17.8 Å². The molecule has 194 valence electrons. The van der Waals surface area contributed by atoms with E-state index in [9.17, 15) is 18.0 Å². The lowest BCUT2D eigenvalue weighted by molar-refractivity contribution is -0.141. The van der Waals surface area contributed by atoms with Crippen LogP contribution in [0.5, 0.6) is 0 Å². The SMILES string of the molecule is CC(Nc1c2ncnc(C(=O)NCc3ccnc(C(F)(F)F)c3)c2nn1C)c1ccc(-c2nn[nH]n2)cc1. The Morgan fingerprint density at radius 3 is 2.61 bits per heavy atom. The van der Waals surface area contributed by atoms with Gasteiger partial charge >= 0.3 is 6.18 Å². The molecule has 0 aliphatic carbocycles. The van der Waals surface area contributed by atoms with Crippen LogP contribution in [-0.2, 0) is 19.8 Å². The number of aryl methyl sites for hydroxylation is 1. The van der Waals surface area contributed by atoms with Gasteiger partial charge in [0.2, 0.25) is 5.82 Å². The van der Waals surface area contributed by atoms with Crippen molar-refractivity contribution in [2.75, 3.05) is 5.32 Å². The van der Waals surface area contributed by atoms with Crippen LogP contribution < -0.4 is 10.6 Å². The summed E-state index contributed by atoms with van der Waals surface area (Å²) in [7, 11) is 1.70. The van der Waals surface area contributed by atoms with Crippen LogP contribution in [0.2, 0.25) is 0 Å². The van der Waals surface area contributed by atoms with E-state index in [4.69, 9.17) is 0 Å². The van der Waals surface area contributed by atoms with Crippen molar-refractivity contribution in [3.8, 4) is 11.4 Å². The molecule has 1 unspecified atom stereocenters. The van der Waals surface area contributed by atoms with Crippen LogP contribution in [0.4, 0.5) is 19.0 Å². The largest absolute Gasteiger partial charge is 0.433 e. The van der Waals surface area contributed by atoms with Gasteiger partial charge in [0.25, 0.3) is 5.91 Å². The molecular weight excluding hydrogens is 503 g/mol. The number of carbonyl (C=O) groups excluding carboxylic acids is 1. The fourth-order valence-electron chi connectivity index (χ4n) is 3.83. The molecule has 0 saturated carbocycles. The van der Waals surface area contributed by atoms with Gasteiger partial charge in [-0.2, -0.15) is 23.5 Å². The fraction of sp³-hybridized carbons (Fsp3) is 0.217. The van der Waals surface area contributed by atoms with Gasteiger partial charge in [-0.3, -0.25) is 14.5 Å². The summed E-state index contributed by atoms with van der Waals surface area (Å²) in [6.07, 6.45) is -2.30. The van der Waals surface area contributed by atoms with Crippen LogP contribution in [0.1, 0.15) is 40.3 Å². The minimum atomic E-state index is -4.58. The standard InChI is InChI=1S/C23H20F3N11O/c1-12(14-3-5-15(6-4-14)20-32-35-36-33-20)31-21-18-17(34-37(21)2)19(30-11-29-18)22(38)28-10-13-7-8-27-16(9-13)23(24,25)26/h3-9,11-12,31H,10H2,1-2H3,(H,28,38)(H,32,33,35,36). The molecule has 5 aromatic rings. The number of hydrogen-bond donors (Lipinski definition) is 3. The van der Waals surface area contributed by atoms with Crippen molar-refractivity contribution < 1.29 is 18.0 Å². The molecule has 4 heterocycles. The molecule has 12 nitrogen and oxygen atoms in total. The number of halogens is 3. The number of pyridine rings is 1. The number of amides is 1. The average molecular weight is 523 g/mol. The highest BCUT2D eigenvalue weighted by atomic mass is 19.4. The van der Waals surface area contributed by atoms with E-state index in [-0.39, 0.29) is 29.4 Å². The molecule has 15 heteroatoms. The van der Waals surface area contributed by atoms with Crippen molar-refractivity contribution in [1.82, 2.24) is 50.7 Å². The molecule has 0 radical (unpaired) electrons. The number of hydrogen-bond acceptors (Lipinski definition) is 9. The maximum atomic E-state index is 12.9. The lowest BCUT2D eigenvalue weighted by Gasteiger charge is -2.16. The van der Waals surface area contributed by atoms with Crippen LogP contribution in [0.3, 0.4) is 0 Å². The topological polar surface area (TPSA) is 152 Å². The van der Waals surface area contributed by atoms with Crippen LogP contribution in [0.15, 0.2) is 48.9 Å². The monoisotopic (exact) mass is 523 g/mol. The minimum absolute atomic E-state index is 0.000805. The normalized spacial score (nSPS) is 12.4. The molecule has 5 rings (SSSR count). The number of anilines is 1. The number of nitrogens with zero attached hydrogens (tertiary/aromatic N) is 8. The second-order valence-corrected chi connectivity index (χ2v) is 8.34. The Morgan fingerprint density at radius 1 is 1.11 bits per heavy atom. The Morgan fingerprint density at radius 2 is 1.89 bits per heavy atom. The zero-order valence-electron chi connectivity index (χ0n) is 20.0. The van der Waals surface area contributed by atoms with Crippen LogP contribution in [0, 0.1) is 0 Å². The third-order valence-electron chi connectivity index (χ3n) is 5.77. The van der Waals surface area contributed by atoms with E-state index in [2.05, 4.69) is 51.3 Å². The van der Waals surface area contributed by atoms with Crippen molar-refractivity contribution in [2.24, 2.45) is 7.05 Å². The van der Waals surface area contributed by atoms with Gasteiger partial charge in [0.05, 0.1) is 6.04 Å². The Hall–Kier alpha value is -4.95. The summed E-state index contributed by atoms with van der Waals surface area (Å²) in [5, 5.41) is 24.3. The molecule has 4 aromatic heterocycles. The predicted molar refractivity (Wildman–Crippen MR) is 128 cm³/mol. The van der Waals surface area contributed by atoms with Crippen LogP contribution in [-0.4, -0.2) is 51.3 Å². The molecule has 1 aromatic carbocycles. The van der Waals surface area contributed by atoms with Gasteiger partial charge in [0.15, 0.2) is 11.5 Å². The van der Waals surface area contributed by atoms with E-state index in [0.29, 0.717) is 17.2 Å². The second kappa shape index (κ2) is 9.84. The van der Waals surface area contributed by atoms with E-state index in [0.717, 1.165) is 23.4 Å². The summed E-state index contributed by atoms with van der Waals surface area (Å²) >= 11 is 0. The molecule has 1 atom stereocenters. The van der Waals surface area contributed by atoms with E-state index in [1.807, 2.05) is 31.2 Å². The van der Waals surface area contributed by atoms with Crippen LogP contribution in [0.25, 0.3) is 22.4 Å². The number of benzene rings is 1. The molecule has 0 bridgehead atoms. The summed E-state index contributed by atoms with van der Waals surface area (Å²) in [5.74, 6) is 0.453. The van der Waals surface area contributed by atoms with E-state index in [1.54, 1.807) is 11.7 Å². The van der Waals surface area contributed by atoms with Crippen molar-refractivity contribution in [1.29, 1.82) is 0 Å². The molecule has 38 heavy (non-hydrogen) atoms.